The molecule has 0 fully saturated rings. The van der Waals surface area contributed by atoms with Crippen molar-refractivity contribution >= 4 is 28.5 Å². The molecule has 0 radical (unpaired) electrons. The summed E-state index contributed by atoms with van der Waals surface area (Å²) in [6.45, 7) is 6.90. The Morgan fingerprint density at radius 2 is 2.04 bits per heavy atom. The van der Waals surface area contributed by atoms with Gasteiger partial charge in [0.2, 0.25) is 0 Å². The van der Waals surface area contributed by atoms with Crippen LogP contribution in [-0.4, -0.2) is 15.5 Å². The Bertz CT molecular complexity index is 978. The molecule has 0 bridgehead atoms. The van der Waals surface area contributed by atoms with Crippen LogP contribution in [0.5, 0.6) is 0 Å². The first-order valence-electron chi connectivity index (χ1n) is 8.04. The lowest BCUT2D eigenvalue weighted by Gasteiger charge is -2.11. The number of carbonyl (C=O) groups is 1. The largest absolute Gasteiger partial charge is 0.364 e. The van der Waals surface area contributed by atoms with Crippen LogP contribution in [-0.2, 0) is 6.54 Å². The number of rotatable bonds is 4. The number of halogens is 2. The number of nitrogens with two attached hydrogens (primary N) is 1. The molecule has 0 aliphatic carbocycles. The molecule has 3 rings (SSSR count). The number of pyridine rings is 1. The number of hydrogen-bond acceptors (Lipinski definition) is 2. The Hall–Kier alpha value is -2.40. The minimum atomic E-state index is -0.573. The second-order valence-electron chi connectivity index (χ2n) is 6.53. The van der Waals surface area contributed by atoms with Crippen molar-refractivity contribution in [2.45, 2.75) is 27.3 Å². The summed E-state index contributed by atoms with van der Waals surface area (Å²) in [5.41, 5.74) is 8.82. The van der Waals surface area contributed by atoms with E-state index in [2.05, 4.69) is 18.8 Å². The number of hydrogen-bond donors (Lipinski definition) is 1. The molecule has 0 unspecified atom stereocenters. The molecule has 0 aliphatic rings. The Morgan fingerprint density at radius 1 is 1.32 bits per heavy atom. The van der Waals surface area contributed by atoms with Crippen molar-refractivity contribution in [3.05, 3.63) is 52.6 Å². The van der Waals surface area contributed by atoms with Gasteiger partial charge >= 0.3 is 0 Å². The molecule has 0 saturated heterocycles. The number of amides is 1. The van der Waals surface area contributed by atoms with E-state index in [9.17, 15) is 9.18 Å². The first-order chi connectivity index (χ1) is 11.8. The van der Waals surface area contributed by atoms with Gasteiger partial charge in [0.25, 0.3) is 5.91 Å². The highest BCUT2D eigenvalue weighted by Gasteiger charge is 2.19. The minimum absolute atomic E-state index is 0.0847. The van der Waals surface area contributed by atoms with Crippen molar-refractivity contribution in [2.24, 2.45) is 11.7 Å². The molecule has 0 saturated carbocycles. The van der Waals surface area contributed by atoms with Gasteiger partial charge in [-0.15, -0.1) is 0 Å². The van der Waals surface area contributed by atoms with E-state index in [1.807, 2.05) is 17.6 Å². The monoisotopic (exact) mass is 359 g/mol. The maximum Gasteiger partial charge on any atom is 0.267 e. The molecule has 130 valence electrons. The summed E-state index contributed by atoms with van der Waals surface area (Å²) in [5.74, 6) is -0.663. The van der Waals surface area contributed by atoms with E-state index >= 15 is 0 Å². The van der Waals surface area contributed by atoms with Crippen LogP contribution in [0.15, 0.2) is 30.3 Å². The van der Waals surface area contributed by atoms with Crippen molar-refractivity contribution in [3.63, 3.8) is 0 Å². The highest BCUT2D eigenvalue weighted by atomic mass is 35.5. The van der Waals surface area contributed by atoms with Crippen LogP contribution in [0.2, 0.25) is 5.02 Å². The van der Waals surface area contributed by atoms with Gasteiger partial charge in [-0.1, -0.05) is 31.5 Å². The van der Waals surface area contributed by atoms with Crippen molar-refractivity contribution in [2.75, 3.05) is 0 Å². The highest BCUT2D eigenvalue weighted by molar-refractivity contribution is 6.30. The van der Waals surface area contributed by atoms with Crippen molar-refractivity contribution in [1.29, 1.82) is 0 Å². The average molecular weight is 360 g/mol. The Balaban J connectivity index is 2.33. The van der Waals surface area contributed by atoms with Crippen molar-refractivity contribution < 1.29 is 9.18 Å². The van der Waals surface area contributed by atoms with Gasteiger partial charge in [-0.25, -0.2) is 9.37 Å². The summed E-state index contributed by atoms with van der Waals surface area (Å²) in [5, 5.41) is 0.936. The lowest BCUT2D eigenvalue weighted by molar-refractivity contribution is 0.0996. The van der Waals surface area contributed by atoms with Gasteiger partial charge in [-0.05, 0) is 42.7 Å². The third-order valence-corrected chi connectivity index (χ3v) is 4.48. The quantitative estimate of drug-likeness (QED) is 0.742. The predicted molar refractivity (Wildman–Crippen MR) is 98.2 cm³/mol. The van der Waals surface area contributed by atoms with Crippen LogP contribution < -0.4 is 5.73 Å². The van der Waals surface area contributed by atoms with E-state index in [0.29, 0.717) is 11.6 Å². The lowest BCUT2D eigenvalue weighted by atomic mass is 10.0. The highest BCUT2D eigenvalue weighted by Crippen LogP contribution is 2.35. The number of benzene rings is 1. The smallest absolute Gasteiger partial charge is 0.267 e. The van der Waals surface area contributed by atoms with Gasteiger partial charge in [0.1, 0.15) is 17.2 Å². The van der Waals surface area contributed by atoms with Gasteiger partial charge < -0.3 is 10.3 Å². The molecule has 4 nitrogen and oxygen atoms in total. The van der Waals surface area contributed by atoms with Crippen LogP contribution in [0.25, 0.3) is 22.2 Å². The summed E-state index contributed by atoms with van der Waals surface area (Å²) in [7, 11) is 0. The van der Waals surface area contributed by atoms with Crippen LogP contribution >= 0.6 is 11.6 Å². The third kappa shape index (κ3) is 3.12. The molecule has 3 aromatic rings. The summed E-state index contributed by atoms with van der Waals surface area (Å²) in [4.78, 5) is 16.0. The molecule has 6 heteroatoms. The summed E-state index contributed by atoms with van der Waals surface area (Å²) in [6.07, 6.45) is 0. The number of aromatic nitrogens is 2. The van der Waals surface area contributed by atoms with E-state index in [4.69, 9.17) is 17.3 Å². The molecule has 0 aliphatic heterocycles. The number of fused-ring (bicyclic) bond motifs is 1. The molecule has 0 atom stereocenters. The molecule has 1 aromatic carbocycles. The fourth-order valence-electron chi connectivity index (χ4n) is 3.08. The van der Waals surface area contributed by atoms with Crippen LogP contribution in [0.3, 0.4) is 0 Å². The van der Waals surface area contributed by atoms with E-state index in [-0.39, 0.29) is 10.7 Å². The number of carbonyl (C=O) groups excluding carboxylic acids is 1. The predicted octanol–water partition coefficient (Wildman–Crippen LogP) is 4.56. The van der Waals surface area contributed by atoms with E-state index < -0.39 is 11.7 Å². The van der Waals surface area contributed by atoms with Gasteiger partial charge in [-0.2, -0.15) is 0 Å². The SMILES string of the molecule is Cc1c(-c2ccc(Cl)c(F)c2)c2ccc(C(N)=O)nc2n1CC(C)C. The zero-order valence-electron chi connectivity index (χ0n) is 14.3. The molecule has 25 heavy (non-hydrogen) atoms. The standard InChI is InChI=1S/C19H19ClFN3O/c1-10(2)9-24-11(3)17(12-4-6-14(20)15(21)8-12)13-5-7-16(18(22)25)23-19(13)24/h4-8,10H,9H2,1-3H3,(H2,22,25). The fourth-order valence-corrected chi connectivity index (χ4v) is 3.20. The second kappa shape index (κ2) is 6.48. The zero-order valence-corrected chi connectivity index (χ0v) is 15.1. The van der Waals surface area contributed by atoms with Crippen LogP contribution in [0, 0.1) is 18.7 Å². The summed E-state index contributed by atoms with van der Waals surface area (Å²) < 4.78 is 16.0. The maximum absolute atomic E-state index is 14.0. The van der Waals surface area contributed by atoms with Crippen LogP contribution in [0.1, 0.15) is 30.0 Å². The molecule has 2 heterocycles. The van der Waals surface area contributed by atoms with Crippen LogP contribution in [0.4, 0.5) is 4.39 Å². The first-order valence-corrected chi connectivity index (χ1v) is 8.42. The zero-order chi connectivity index (χ0) is 18.3. The molecular formula is C19H19ClFN3O. The normalized spacial score (nSPS) is 11.4. The maximum atomic E-state index is 14.0. The molecule has 2 N–H and O–H groups in total. The Kier molecular flexibility index (Phi) is 4.52. The number of primary amides is 1. The minimum Gasteiger partial charge on any atom is -0.364 e. The van der Waals surface area contributed by atoms with Gasteiger partial charge in [0.05, 0.1) is 5.02 Å². The molecule has 0 spiro atoms. The van der Waals surface area contributed by atoms with E-state index in [1.165, 1.54) is 6.07 Å². The summed E-state index contributed by atoms with van der Waals surface area (Å²) in [6, 6.07) is 8.16. The first kappa shape index (κ1) is 17.4. The topological polar surface area (TPSA) is 60.9 Å². The Labute approximate surface area is 150 Å². The lowest BCUT2D eigenvalue weighted by Crippen LogP contribution is -2.14. The third-order valence-electron chi connectivity index (χ3n) is 4.18. The molecule has 1 amide bonds. The van der Waals surface area contributed by atoms with Crippen molar-refractivity contribution in [3.8, 4) is 11.1 Å². The Morgan fingerprint density at radius 3 is 2.64 bits per heavy atom. The number of nitrogens with zero attached hydrogens (tertiary/aromatic N) is 2. The van der Waals surface area contributed by atoms with Gasteiger partial charge in [-0.3, -0.25) is 4.79 Å². The van der Waals surface area contributed by atoms with Gasteiger partial charge in [0, 0.05) is 23.2 Å². The van der Waals surface area contributed by atoms with E-state index in [0.717, 1.165) is 28.8 Å². The van der Waals surface area contributed by atoms with Gasteiger partial charge in [0.15, 0.2) is 0 Å². The second-order valence-corrected chi connectivity index (χ2v) is 6.93. The molecule has 2 aromatic heterocycles. The fraction of sp³-hybridized carbons (Fsp3) is 0.263. The van der Waals surface area contributed by atoms with E-state index in [1.54, 1.807) is 18.2 Å². The summed E-state index contributed by atoms with van der Waals surface area (Å²) >= 11 is 5.81. The average Bonchev–Trinajstić information content (AvgIpc) is 2.81. The van der Waals surface area contributed by atoms with Crippen molar-refractivity contribution in [1.82, 2.24) is 9.55 Å². The molecular weight excluding hydrogens is 341 g/mol.